The van der Waals surface area contributed by atoms with E-state index in [1.54, 1.807) is 36.4 Å². The Balaban J connectivity index is 2.20. The van der Waals surface area contributed by atoms with Gasteiger partial charge in [-0.15, -0.1) is 0 Å². The fourth-order valence-corrected chi connectivity index (χ4v) is 2.62. The Bertz CT molecular complexity index is 783. The van der Waals surface area contributed by atoms with Gasteiger partial charge in [0.1, 0.15) is 5.75 Å². The van der Waals surface area contributed by atoms with E-state index < -0.39 is 29.0 Å². The van der Waals surface area contributed by atoms with Crippen LogP contribution < -0.4 is 4.74 Å². The van der Waals surface area contributed by atoms with Gasteiger partial charge in [0.25, 0.3) is 0 Å². The van der Waals surface area contributed by atoms with Crippen LogP contribution >= 0.6 is 0 Å². The molecule has 23 heavy (non-hydrogen) atoms. The molecule has 0 atom stereocenters. The largest absolute Gasteiger partial charge is 0.493 e. The smallest absolute Gasteiger partial charge is 0.392 e. The van der Waals surface area contributed by atoms with Crippen LogP contribution in [0.15, 0.2) is 53.4 Å². The number of halogens is 3. The molecule has 0 N–H and O–H groups in total. The van der Waals surface area contributed by atoms with Crippen molar-refractivity contribution in [2.24, 2.45) is 0 Å². The normalized spacial score (nSPS) is 12.2. The summed E-state index contributed by atoms with van der Waals surface area (Å²) in [4.78, 5) is 0.179. The van der Waals surface area contributed by atoms with E-state index in [0.717, 1.165) is 6.26 Å². The van der Waals surface area contributed by atoms with Crippen LogP contribution in [-0.2, 0) is 9.84 Å². The molecule has 0 amide bonds. The molecule has 0 unspecified atom stereocenters. The molecule has 0 saturated carbocycles. The van der Waals surface area contributed by atoms with Crippen LogP contribution in [0.5, 0.6) is 5.75 Å². The number of hydrogen-bond acceptors (Lipinski definition) is 3. The minimum absolute atomic E-state index is 0.179. The fraction of sp³-hybridized carbons (Fsp3) is 0.250. The maximum absolute atomic E-state index is 12.1. The summed E-state index contributed by atoms with van der Waals surface area (Å²) in [7, 11) is -3.33. The number of alkyl halides is 3. The zero-order valence-corrected chi connectivity index (χ0v) is 13.1. The first kappa shape index (κ1) is 17.3. The lowest BCUT2D eigenvalue weighted by Gasteiger charge is -2.10. The minimum Gasteiger partial charge on any atom is -0.493 e. The lowest BCUT2D eigenvalue weighted by molar-refractivity contribution is -0.139. The summed E-state index contributed by atoms with van der Waals surface area (Å²) in [5.41, 5.74) is 1.31. The lowest BCUT2D eigenvalue weighted by Crippen LogP contribution is -2.12. The molecule has 0 heterocycles. The van der Waals surface area contributed by atoms with Crippen molar-refractivity contribution in [3.8, 4) is 16.9 Å². The van der Waals surface area contributed by atoms with Gasteiger partial charge in [-0.1, -0.05) is 24.3 Å². The highest BCUT2D eigenvalue weighted by molar-refractivity contribution is 7.90. The Kier molecular flexibility index (Phi) is 4.99. The molecule has 0 aliphatic carbocycles. The monoisotopic (exact) mass is 344 g/mol. The molecule has 0 saturated heterocycles. The molecular formula is C16H15F3O3S. The van der Waals surface area contributed by atoms with E-state index in [1.807, 2.05) is 0 Å². The molecule has 2 aromatic rings. The number of hydrogen-bond donors (Lipinski definition) is 0. The predicted molar refractivity (Wildman–Crippen MR) is 81.2 cm³/mol. The summed E-state index contributed by atoms with van der Waals surface area (Å²) in [5.74, 6) is 0.302. The Hall–Kier alpha value is -2.02. The highest BCUT2D eigenvalue weighted by atomic mass is 32.2. The van der Waals surface area contributed by atoms with Gasteiger partial charge in [0.2, 0.25) is 0 Å². The van der Waals surface area contributed by atoms with Gasteiger partial charge < -0.3 is 4.74 Å². The van der Waals surface area contributed by atoms with Crippen molar-refractivity contribution in [1.29, 1.82) is 0 Å². The molecule has 0 aromatic heterocycles. The van der Waals surface area contributed by atoms with E-state index in [4.69, 9.17) is 4.74 Å². The average molecular weight is 344 g/mol. The first-order valence-electron chi connectivity index (χ1n) is 6.75. The van der Waals surface area contributed by atoms with Crippen LogP contribution in [0.25, 0.3) is 11.1 Å². The van der Waals surface area contributed by atoms with Crippen molar-refractivity contribution in [2.75, 3.05) is 12.9 Å². The first-order chi connectivity index (χ1) is 10.6. The molecule has 7 heteroatoms. The molecule has 0 fully saturated rings. The van der Waals surface area contributed by atoms with E-state index in [2.05, 4.69) is 0 Å². The van der Waals surface area contributed by atoms with Crippen LogP contribution in [0.4, 0.5) is 13.2 Å². The van der Waals surface area contributed by atoms with Crippen LogP contribution in [-0.4, -0.2) is 27.5 Å². The third kappa shape index (κ3) is 5.28. The summed E-state index contributed by atoms with van der Waals surface area (Å²) in [5, 5.41) is 0. The summed E-state index contributed by atoms with van der Waals surface area (Å²) >= 11 is 0. The van der Waals surface area contributed by atoms with Gasteiger partial charge in [-0.05, 0) is 35.4 Å². The Morgan fingerprint density at radius 2 is 1.61 bits per heavy atom. The van der Waals surface area contributed by atoms with Crippen molar-refractivity contribution in [1.82, 2.24) is 0 Å². The maximum atomic E-state index is 12.1. The van der Waals surface area contributed by atoms with Crippen LogP contribution in [0.3, 0.4) is 0 Å². The van der Waals surface area contributed by atoms with Crippen molar-refractivity contribution in [3.63, 3.8) is 0 Å². The van der Waals surface area contributed by atoms with Gasteiger partial charge in [0.15, 0.2) is 9.84 Å². The second kappa shape index (κ2) is 6.62. The van der Waals surface area contributed by atoms with Crippen molar-refractivity contribution in [3.05, 3.63) is 48.5 Å². The summed E-state index contributed by atoms with van der Waals surface area (Å²) in [6.07, 6.45) is -4.18. The van der Waals surface area contributed by atoms with Crippen LogP contribution in [0.2, 0.25) is 0 Å². The van der Waals surface area contributed by atoms with E-state index in [-0.39, 0.29) is 4.90 Å². The molecule has 0 aliphatic heterocycles. The highest BCUT2D eigenvalue weighted by Crippen LogP contribution is 2.27. The van der Waals surface area contributed by atoms with Crippen LogP contribution in [0.1, 0.15) is 6.42 Å². The van der Waals surface area contributed by atoms with Gasteiger partial charge >= 0.3 is 6.18 Å². The van der Waals surface area contributed by atoms with Crippen molar-refractivity contribution >= 4 is 9.84 Å². The van der Waals surface area contributed by atoms with E-state index >= 15 is 0 Å². The van der Waals surface area contributed by atoms with Gasteiger partial charge in [-0.2, -0.15) is 13.2 Å². The summed E-state index contributed by atoms with van der Waals surface area (Å²) in [6.45, 7) is -0.462. The van der Waals surface area contributed by atoms with Gasteiger partial charge in [0.05, 0.1) is 17.9 Å². The van der Waals surface area contributed by atoms with Crippen LogP contribution in [0, 0.1) is 0 Å². The lowest BCUT2D eigenvalue weighted by atomic mass is 10.1. The average Bonchev–Trinajstić information content (AvgIpc) is 2.45. The van der Waals surface area contributed by atoms with Crippen molar-refractivity contribution in [2.45, 2.75) is 17.5 Å². The molecule has 3 nitrogen and oxygen atoms in total. The molecule has 124 valence electrons. The van der Waals surface area contributed by atoms with Crippen molar-refractivity contribution < 1.29 is 26.3 Å². The summed E-state index contributed by atoms with van der Waals surface area (Å²) in [6, 6.07) is 12.9. The Morgan fingerprint density at radius 1 is 1.00 bits per heavy atom. The number of sulfone groups is 1. The number of rotatable bonds is 5. The SMILES string of the molecule is CS(=O)(=O)c1cccc(-c2cccc(OCCC(F)(F)F)c2)c1. The maximum Gasteiger partial charge on any atom is 0.392 e. The molecule has 0 spiro atoms. The second-order valence-corrected chi connectivity index (χ2v) is 7.06. The second-order valence-electron chi connectivity index (χ2n) is 5.04. The number of ether oxygens (including phenoxy) is 1. The van der Waals surface area contributed by atoms with E-state index in [1.165, 1.54) is 12.1 Å². The highest BCUT2D eigenvalue weighted by Gasteiger charge is 2.26. The Morgan fingerprint density at radius 3 is 2.22 bits per heavy atom. The number of benzene rings is 2. The molecule has 0 aliphatic rings. The van der Waals surface area contributed by atoms with Gasteiger partial charge in [-0.25, -0.2) is 8.42 Å². The third-order valence-electron chi connectivity index (χ3n) is 3.08. The molecule has 0 radical (unpaired) electrons. The van der Waals surface area contributed by atoms with E-state index in [9.17, 15) is 21.6 Å². The zero-order valence-electron chi connectivity index (χ0n) is 12.3. The first-order valence-corrected chi connectivity index (χ1v) is 8.64. The third-order valence-corrected chi connectivity index (χ3v) is 4.19. The molecule has 0 bridgehead atoms. The topological polar surface area (TPSA) is 43.4 Å². The molecular weight excluding hydrogens is 329 g/mol. The zero-order chi connectivity index (χ0) is 17.1. The Labute approximate surface area is 132 Å². The minimum atomic E-state index is -4.26. The van der Waals surface area contributed by atoms with Gasteiger partial charge in [-0.3, -0.25) is 0 Å². The summed E-state index contributed by atoms with van der Waals surface area (Å²) < 4.78 is 64.6. The molecule has 2 rings (SSSR count). The standard InChI is InChI=1S/C16H15F3O3S/c1-23(20,21)15-7-3-5-13(11-15)12-4-2-6-14(10-12)22-9-8-16(17,18)19/h2-7,10-11H,8-9H2,1H3. The quantitative estimate of drug-likeness (QED) is 0.821. The predicted octanol–water partition coefficient (Wildman–Crippen LogP) is 4.09. The van der Waals surface area contributed by atoms with Gasteiger partial charge in [0, 0.05) is 6.26 Å². The molecule has 2 aromatic carbocycles. The van der Waals surface area contributed by atoms with E-state index in [0.29, 0.717) is 16.9 Å². The fourth-order valence-electron chi connectivity index (χ4n) is 1.96.